The molecular weight excluding hydrogens is 518 g/mol. The lowest BCUT2D eigenvalue weighted by molar-refractivity contribution is 0.0601. The molecule has 1 aromatic carbocycles. The van der Waals surface area contributed by atoms with Gasteiger partial charge >= 0.3 is 5.97 Å². The molecule has 1 N–H and O–H groups in total. The summed E-state index contributed by atoms with van der Waals surface area (Å²) in [6.45, 7) is 7.72. The standard InChI is InChI=1S/C29H33N3O4S2/c1-18(2)14-25-26(20-9-10-23(19(3)15-20)36-12-7-11-34-4)31-29(38-25)32-27-22(28(33)35-5)16-21(17-30-27)24-8-6-13-37-24/h6,8-10,13,15-18H,7,11-12,14H2,1-5H3,(H,30,31,32). The van der Waals surface area contributed by atoms with Gasteiger partial charge in [0.2, 0.25) is 0 Å². The molecule has 0 unspecified atom stereocenters. The molecule has 0 aliphatic heterocycles. The highest BCUT2D eigenvalue weighted by Gasteiger charge is 2.20. The third kappa shape index (κ3) is 6.78. The van der Waals surface area contributed by atoms with Crippen LogP contribution in [0.15, 0.2) is 48.0 Å². The molecule has 0 atom stereocenters. The number of methoxy groups -OCH3 is 2. The van der Waals surface area contributed by atoms with E-state index in [1.807, 2.05) is 36.6 Å². The van der Waals surface area contributed by atoms with Crippen LogP contribution in [0.5, 0.6) is 5.75 Å². The van der Waals surface area contributed by atoms with Crippen LogP contribution in [0.25, 0.3) is 21.7 Å². The van der Waals surface area contributed by atoms with Crippen LogP contribution in [0.2, 0.25) is 0 Å². The molecular formula is C29H33N3O4S2. The lowest BCUT2D eigenvalue weighted by atomic mass is 10.0. The number of benzene rings is 1. The van der Waals surface area contributed by atoms with Crippen molar-refractivity contribution in [1.29, 1.82) is 0 Å². The van der Waals surface area contributed by atoms with Gasteiger partial charge in [0, 0.05) is 47.2 Å². The molecule has 0 spiro atoms. The molecule has 38 heavy (non-hydrogen) atoms. The maximum absolute atomic E-state index is 12.6. The van der Waals surface area contributed by atoms with Gasteiger partial charge in [0.05, 0.1) is 19.4 Å². The van der Waals surface area contributed by atoms with E-state index in [0.717, 1.165) is 45.9 Å². The van der Waals surface area contributed by atoms with Crippen molar-refractivity contribution in [2.24, 2.45) is 5.92 Å². The third-order valence-electron chi connectivity index (χ3n) is 5.81. The molecule has 7 nitrogen and oxygen atoms in total. The number of pyridine rings is 1. The van der Waals surface area contributed by atoms with Gasteiger partial charge in [-0.2, -0.15) is 0 Å². The average Bonchev–Trinajstić information content (AvgIpc) is 3.57. The van der Waals surface area contributed by atoms with Crippen molar-refractivity contribution in [3.8, 4) is 27.4 Å². The normalized spacial score (nSPS) is 11.1. The Kier molecular flexibility index (Phi) is 9.49. The largest absolute Gasteiger partial charge is 0.493 e. The van der Waals surface area contributed by atoms with E-state index in [1.165, 1.54) is 12.0 Å². The fourth-order valence-electron chi connectivity index (χ4n) is 3.99. The summed E-state index contributed by atoms with van der Waals surface area (Å²) in [6.07, 6.45) is 3.49. The third-order valence-corrected chi connectivity index (χ3v) is 7.73. The zero-order chi connectivity index (χ0) is 27.1. The van der Waals surface area contributed by atoms with Crippen LogP contribution in [0, 0.1) is 12.8 Å². The molecule has 3 heterocycles. The molecule has 0 bridgehead atoms. The molecule has 4 rings (SSSR count). The molecule has 0 amide bonds. The molecule has 3 aromatic heterocycles. The summed E-state index contributed by atoms with van der Waals surface area (Å²) in [5.41, 5.74) is 4.24. The number of esters is 1. The van der Waals surface area contributed by atoms with Gasteiger partial charge in [0.15, 0.2) is 5.13 Å². The van der Waals surface area contributed by atoms with Gasteiger partial charge in [-0.1, -0.05) is 19.9 Å². The predicted molar refractivity (Wildman–Crippen MR) is 155 cm³/mol. The predicted octanol–water partition coefficient (Wildman–Crippen LogP) is 7.39. The van der Waals surface area contributed by atoms with Crippen LogP contribution in [0.4, 0.5) is 10.9 Å². The second-order valence-electron chi connectivity index (χ2n) is 9.28. The molecule has 0 saturated carbocycles. The minimum atomic E-state index is -0.450. The molecule has 4 aromatic rings. The number of hydrogen-bond acceptors (Lipinski definition) is 9. The zero-order valence-corrected chi connectivity index (χ0v) is 24.0. The second-order valence-corrected chi connectivity index (χ2v) is 11.3. The highest BCUT2D eigenvalue weighted by Crippen LogP contribution is 2.37. The van der Waals surface area contributed by atoms with Gasteiger partial charge in [0.25, 0.3) is 0 Å². The summed E-state index contributed by atoms with van der Waals surface area (Å²) >= 11 is 3.17. The van der Waals surface area contributed by atoms with E-state index in [2.05, 4.69) is 36.3 Å². The van der Waals surface area contributed by atoms with Gasteiger partial charge in [0.1, 0.15) is 17.1 Å². The number of nitrogens with one attached hydrogen (secondary N) is 1. The van der Waals surface area contributed by atoms with Gasteiger partial charge in [-0.05, 0) is 60.5 Å². The minimum absolute atomic E-state index is 0.367. The first-order valence-electron chi connectivity index (χ1n) is 12.5. The number of thiazole rings is 1. The second kappa shape index (κ2) is 13.0. The summed E-state index contributed by atoms with van der Waals surface area (Å²) in [7, 11) is 3.07. The maximum Gasteiger partial charge on any atom is 0.341 e. The molecule has 0 aliphatic carbocycles. The molecule has 0 fully saturated rings. The number of rotatable bonds is 12. The highest BCUT2D eigenvalue weighted by atomic mass is 32.1. The van der Waals surface area contributed by atoms with E-state index in [4.69, 9.17) is 19.2 Å². The van der Waals surface area contributed by atoms with Crippen molar-refractivity contribution >= 4 is 39.6 Å². The number of carbonyl (C=O) groups excluding carboxylic acids is 1. The van der Waals surface area contributed by atoms with E-state index in [-0.39, 0.29) is 0 Å². The van der Waals surface area contributed by atoms with Crippen LogP contribution in [-0.2, 0) is 15.9 Å². The van der Waals surface area contributed by atoms with E-state index in [0.29, 0.717) is 35.6 Å². The Morgan fingerprint density at radius 3 is 2.63 bits per heavy atom. The van der Waals surface area contributed by atoms with Crippen LogP contribution < -0.4 is 10.1 Å². The van der Waals surface area contributed by atoms with E-state index >= 15 is 0 Å². The Bertz CT molecular complexity index is 1370. The van der Waals surface area contributed by atoms with Gasteiger partial charge < -0.3 is 19.5 Å². The number of aromatic nitrogens is 2. The van der Waals surface area contributed by atoms with Crippen LogP contribution >= 0.6 is 22.7 Å². The van der Waals surface area contributed by atoms with Crippen molar-refractivity contribution < 1.29 is 19.0 Å². The molecule has 0 saturated heterocycles. The zero-order valence-electron chi connectivity index (χ0n) is 22.4. The number of anilines is 2. The van der Waals surface area contributed by atoms with Gasteiger partial charge in [-0.15, -0.1) is 22.7 Å². The number of aryl methyl sites for hydroxylation is 1. The monoisotopic (exact) mass is 551 g/mol. The first-order chi connectivity index (χ1) is 18.4. The molecule has 0 radical (unpaired) electrons. The topological polar surface area (TPSA) is 82.6 Å². The first kappa shape index (κ1) is 27.8. The van der Waals surface area contributed by atoms with Crippen molar-refractivity contribution in [3.05, 3.63) is 64.0 Å². The Labute approximate surface area is 231 Å². The lowest BCUT2D eigenvalue weighted by Crippen LogP contribution is -2.07. The van der Waals surface area contributed by atoms with Crippen LogP contribution in [0.1, 0.15) is 41.1 Å². The van der Waals surface area contributed by atoms with Crippen molar-refractivity contribution in [1.82, 2.24) is 9.97 Å². The average molecular weight is 552 g/mol. The van der Waals surface area contributed by atoms with Gasteiger partial charge in [-0.25, -0.2) is 14.8 Å². The van der Waals surface area contributed by atoms with Crippen molar-refractivity contribution in [2.75, 3.05) is 32.8 Å². The molecule has 200 valence electrons. The summed E-state index contributed by atoms with van der Waals surface area (Å²) in [4.78, 5) is 24.4. The molecule has 9 heteroatoms. The van der Waals surface area contributed by atoms with E-state index in [1.54, 1.807) is 36.0 Å². The minimum Gasteiger partial charge on any atom is -0.493 e. The van der Waals surface area contributed by atoms with E-state index < -0.39 is 5.97 Å². The Morgan fingerprint density at radius 2 is 1.95 bits per heavy atom. The van der Waals surface area contributed by atoms with Crippen molar-refractivity contribution in [3.63, 3.8) is 0 Å². The Balaban J connectivity index is 1.64. The van der Waals surface area contributed by atoms with Crippen LogP contribution in [0.3, 0.4) is 0 Å². The highest BCUT2D eigenvalue weighted by molar-refractivity contribution is 7.16. The SMILES string of the molecule is COCCCOc1ccc(-c2nc(Nc3ncc(-c4cccs4)cc3C(=O)OC)sc2CC(C)C)cc1C. The lowest BCUT2D eigenvalue weighted by Gasteiger charge is -2.11. The maximum atomic E-state index is 12.6. The van der Waals surface area contributed by atoms with Crippen LogP contribution in [-0.4, -0.2) is 43.4 Å². The fourth-order valence-corrected chi connectivity index (χ4v) is 5.90. The fraction of sp³-hybridized carbons (Fsp3) is 0.345. The first-order valence-corrected chi connectivity index (χ1v) is 14.2. The number of nitrogens with zero attached hydrogens (tertiary/aromatic N) is 2. The summed E-state index contributed by atoms with van der Waals surface area (Å²) < 4.78 is 16.1. The molecule has 0 aliphatic rings. The smallest absolute Gasteiger partial charge is 0.341 e. The number of thiophene rings is 1. The summed E-state index contributed by atoms with van der Waals surface area (Å²) in [6, 6.07) is 11.9. The quantitative estimate of drug-likeness (QED) is 0.145. The number of hydrogen-bond donors (Lipinski definition) is 1. The Morgan fingerprint density at radius 1 is 1.11 bits per heavy atom. The number of carbonyl (C=O) groups is 1. The summed E-state index contributed by atoms with van der Waals surface area (Å²) in [5.74, 6) is 1.29. The Hall–Kier alpha value is -3.27. The van der Waals surface area contributed by atoms with Crippen molar-refractivity contribution in [2.45, 2.75) is 33.6 Å². The van der Waals surface area contributed by atoms with Gasteiger partial charge in [-0.3, -0.25) is 0 Å². The summed E-state index contributed by atoms with van der Waals surface area (Å²) in [5, 5.41) is 5.96. The van der Waals surface area contributed by atoms with E-state index in [9.17, 15) is 4.79 Å². The number of ether oxygens (including phenoxy) is 3.